The molecule has 2 aromatic rings. The molecule has 0 aliphatic heterocycles. The van der Waals surface area contributed by atoms with E-state index in [4.69, 9.17) is 9.47 Å². The van der Waals surface area contributed by atoms with E-state index in [2.05, 4.69) is 10.2 Å². The van der Waals surface area contributed by atoms with Gasteiger partial charge in [-0.2, -0.15) is 5.10 Å². The van der Waals surface area contributed by atoms with Crippen LogP contribution >= 0.6 is 0 Å². The van der Waals surface area contributed by atoms with Crippen molar-refractivity contribution in [3.63, 3.8) is 0 Å². The lowest BCUT2D eigenvalue weighted by Crippen LogP contribution is -2.05. The lowest BCUT2D eigenvalue weighted by atomic mass is 10.1. The number of sulfone groups is 1. The topological polar surface area (TPSA) is 98.4 Å². The number of hydrogen-bond acceptors (Lipinski definition) is 6. The average Bonchev–Trinajstić information content (AvgIpc) is 2.52. The van der Waals surface area contributed by atoms with Crippen molar-refractivity contribution in [2.24, 2.45) is 0 Å². The van der Waals surface area contributed by atoms with Crippen LogP contribution in [0.15, 0.2) is 34.0 Å². The monoisotopic (exact) mass is 336 g/mol. The lowest BCUT2D eigenvalue weighted by molar-refractivity contribution is 0.392. The highest BCUT2D eigenvalue weighted by atomic mass is 32.2. The summed E-state index contributed by atoms with van der Waals surface area (Å²) in [5, 5.41) is 6.18. The summed E-state index contributed by atoms with van der Waals surface area (Å²) in [5.74, 6) is 0.606. The molecule has 0 unspecified atom stereocenters. The number of nitrogens with one attached hydrogen (secondary N) is 1. The Morgan fingerprint density at radius 3 is 2.30 bits per heavy atom. The van der Waals surface area contributed by atoms with Crippen molar-refractivity contribution in [2.75, 3.05) is 20.5 Å². The maximum absolute atomic E-state index is 11.8. The second-order valence-corrected chi connectivity index (χ2v) is 6.68. The van der Waals surface area contributed by atoms with Gasteiger partial charge in [-0.05, 0) is 24.3 Å². The van der Waals surface area contributed by atoms with Crippen LogP contribution in [0.3, 0.4) is 0 Å². The number of nitrogens with zero attached hydrogens (tertiary/aromatic N) is 1. The molecule has 1 N–H and O–H groups in total. The van der Waals surface area contributed by atoms with Crippen LogP contribution in [0.4, 0.5) is 0 Å². The molecule has 0 radical (unpaired) electrons. The summed E-state index contributed by atoms with van der Waals surface area (Å²) in [6, 6.07) is 5.90. The molecule has 0 bridgehead atoms. The fourth-order valence-corrected chi connectivity index (χ4v) is 2.77. The number of ether oxygens (including phenoxy) is 2. The minimum Gasteiger partial charge on any atom is -0.496 e. The van der Waals surface area contributed by atoms with Crippen molar-refractivity contribution in [3.05, 3.63) is 45.9 Å². The molecule has 0 amide bonds. The van der Waals surface area contributed by atoms with Gasteiger partial charge in [0.2, 0.25) is 0 Å². The summed E-state index contributed by atoms with van der Waals surface area (Å²) < 4.78 is 34.0. The van der Waals surface area contributed by atoms with E-state index in [1.165, 1.54) is 26.4 Å². The van der Waals surface area contributed by atoms with E-state index >= 15 is 0 Å². The highest BCUT2D eigenvalue weighted by Gasteiger charge is 2.17. The lowest BCUT2D eigenvalue weighted by Gasteiger charge is -2.12. The van der Waals surface area contributed by atoms with E-state index in [9.17, 15) is 13.2 Å². The number of hydrogen-bond donors (Lipinski definition) is 1. The second kappa shape index (κ2) is 6.66. The molecule has 7 nitrogen and oxygen atoms in total. The van der Waals surface area contributed by atoms with E-state index in [1.807, 2.05) is 0 Å². The third-order valence-electron chi connectivity index (χ3n) is 3.05. The van der Waals surface area contributed by atoms with Gasteiger partial charge in [0.25, 0.3) is 5.56 Å². The second-order valence-electron chi connectivity index (χ2n) is 4.70. The number of benzene rings is 1. The Balaban J connectivity index is 2.49. The first-order valence-electron chi connectivity index (χ1n) is 6.55. The molecule has 1 aromatic carbocycles. The van der Waals surface area contributed by atoms with Crippen molar-refractivity contribution in [1.29, 1.82) is 0 Å². The number of methoxy groups -OCH3 is 2. The first kappa shape index (κ1) is 16.8. The highest BCUT2D eigenvalue weighted by molar-refractivity contribution is 7.90. The van der Waals surface area contributed by atoms with Crippen molar-refractivity contribution < 1.29 is 17.9 Å². The summed E-state index contributed by atoms with van der Waals surface area (Å²) >= 11 is 0. The number of H-pyrrole nitrogens is 1. The first-order chi connectivity index (χ1) is 10.8. The molecule has 0 atom stereocenters. The zero-order valence-corrected chi connectivity index (χ0v) is 13.7. The zero-order chi connectivity index (χ0) is 17.0. The molecule has 0 saturated carbocycles. The first-order valence-corrected chi connectivity index (χ1v) is 8.44. The van der Waals surface area contributed by atoms with Crippen LogP contribution in [-0.2, 0) is 9.84 Å². The molecule has 1 aromatic heterocycles. The molecule has 0 spiro atoms. The summed E-state index contributed by atoms with van der Waals surface area (Å²) in [7, 11) is -0.604. The standard InChI is InChI=1S/C15H16N2O5S/c1-21-12-9-14(23(3,19)20)13(22-2)8-10(12)4-5-11-6-7-15(18)17-16-11/h4-9H,1-3H3,(H,17,18). The third kappa shape index (κ3) is 3.98. The summed E-state index contributed by atoms with van der Waals surface area (Å²) in [6.45, 7) is 0. The van der Waals surface area contributed by atoms with Crippen LogP contribution in [0.5, 0.6) is 11.5 Å². The van der Waals surface area contributed by atoms with Gasteiger partial charge in [0.05, 0.1) is 19.9 Å². The zero-order valence-electron chi connectivity index (χ0n) is 12.9. The molecule has 1 heterocycles. The quantitative estimate of drug-likeness (QED) is 0.885. The van der Waals surface area contributed by atoms with Gasteiger partial charge >= 0.3 is 0 Å². The van der Waals surface area contributed by atoms with Crippen LogP contribution in [0.25, 0.3) is 12.2 Å². The number of aromatic nitrogens is 2. The van der Waals surface area contributed by atoms with E-state index in [-0.39, 0.29) is 16.2 Å². The number of rotatable bonds is 5. The minimum absolute atomic E-state index is 0.0520. The predicted octanol–water partition coefficient (Wildman–Crippen LogP) is 1.36. The largest absolute Gasteiger partial charge is 0.496 e. The smallest absolute Gasteiger partial charge is 0.264 e. The summed E-state index contributed by atoms with van der Waals surface area (Å²) in [4.78, 5) is 11.0. The van der Waals surface area contributed by atoms with E-state index in [1.54, 1.807) is 24.3 Å². The van der Waals surface area contributed by atoms with Crippen LogP contribution in [0.1, 0.15) is 11.3 Å². The van der Waals surface area contributed by atoms with Gasteiger partial charge in [0.1, 0.15) is 16.4 Å². The van der Waals surface area contributed by atoms with Gasteiger partial charge in [-0.3, -0.25) is 4.79 Å². The van der Waals surface area contributed by atoms with Gasteiger partial charge in [0.15, 0.2) is 9.84 Å². The molecule has 0 saturated heterocycles. The molecule has 0 aliphatic carbocycles. The van der Waals surface area contributed by atoms with Crippen LogP contribution < -0.4 is 15.0 Å². The van der Waals surface area contributed by atoms with E-state index < -0.39 is 9.84 Å². The maximum Gasteiger partial charge on any atom is 0.264 e. The molecular weight excluding hydrogens is 320 g/mol. The Hall–Kier alpha value is -2.61. The normalized spacial score (nSPS) is 11.6. The fourth-order valence-electron chi connectivity index (χ4n) is 1.94. The molecule has 0 fully saturated rings. The third-order valence-corrected chi connectivity index (χ3v) is 4.17. The van der Waals surface area contributed by atoms with Crippen LogP contribution in [0, 0.1) is 0 Å². The Kier molecular flexibility index (Phi) is 4.85. The summed E-state index contributed by atoms with van der Waals surface area (Å²) in [6.07, 6.45) is 4.45. The predicted molar refractivity (Wildman–Crippen MR) is 86.4 cm³/mol. The van der Waals surface area contributed by atoms with Crippen LogP contribution in [-0.4, -0.2) is 39.1 Å². The van der Waals surface area contributed by atoms with Gasteiger partial charge < -0.3 is 9.47 Å². The van der Waals surface area contributed by atoms with Crippen molar-refractivity contribution in [1.82, 2.24) is 10.2 Å². The van der Waals surface area contributed by atoms with E-state index in [0.29, 0.717) is 17.0 Å². The highest BCUT2D eigenvalue weighted by Crippen LogP contribution is 2.33. The van der Waals surface area contributed by atoms with Crippen molar-refractivity contribution >= 4 is 22.0 Å². The minimum atomic E-state index is -3.45. The van der Waals surface area contributed by atoms with Crippen molar-refractivity contribution in [2.45, 2.75) is 4.90 Å². The Morgan fingerprint density at radius 2 is 1.78 bits per heavy atom. The molecule has 122 valence electrons. The summed E-state index contributed by atoms with van der Waals surface area (Å²) in [5.41, 5.74) is 0.862. The van der Waals surface area contributed by atoms with Gasteiger partial charge in [-0.1, -0.05) is 0 Å². The Morgan fingerprint density at radius 1 is 1.09 bits per heavy atom. The van der Waals surface area contributed by atoms with E-state index in [0.717, 1.165) is 6.26 Å². The molecule has 8 heteroatoms. The van der Waals surface area contributed by atoms with Gasteiger partial charge in [-0.25, -0.2) is 13.5 Å². The van der Waals surface area contributed by atoms with Crippen LogP contribution in [0.2, 0.25) is 0 Å². The van der Waals surface area contributed by atoms with Gasteiger partial charge in [0, 0.05) is 24.0 Å². The molecule has 23 heavy (non-hydrogen) atoms. The Labute approximate surface area is 133 Å². The SMILES string of the molecule is COc1cc(S(C)(=O)=O)c(OC)cc1C=Cc1ccc(=O)[nH]n1. The number of aromatic amines is 1. The molecule has 0 aliphatic rings. The Bertz CT molecular complexity index is 880. The van der Waals surface area contributed by atoms with Gasteiger partial charge in [-0.15, -0.1) is 0 Å². The molecular formula is C15H16N2O5S. The molecule has 2 rings (SSSR count). The fraction of sp³-hybridized carbons (Fsp3) is 0.200. The maximum atomic E-state index is 11.8. The van der Waals surface area contributed by atoms with Crippen molar-refractivity contribution in [3.8, 4) is 11.5 Å². The average molecular weight is 336 g/mol.